The van der Waals surface area contributed by atoms with Crippen molar-refractivity contribution in [2.45, 2.75) is 25.7 Å². The van der Waals surface area contributed by atoms with Crippen LogP contribution in [0.3, 0.4) is 0 Å². The van der Waals surface area contributed by atoms with Crippen LogP contribution in [0.2, 0.25) is 0 Å². The Morgan fingerprint density at radius 2 is 2.06 bits per heavy atom. The highest BCUT2D eigenvalue weighted by molar-refractivity contribution is 7.80. The summed E-state index contributed by atoms with van der Waals surface area (Å²) < 4.78 is 1.86. The average molecular weight is 259 g/mol. The van der Waals surface area contributed by atoms with E-state index in [9.17, 15) is 0 Å². The molecule has 5 nitrogen and oxygen atoms in total. The van der Waals surface area contributed by atoms with Crippen LogP contribution in [0.1, 0.15) is 29.9 Å². The lowest BCUT2D eigenvalue weighted by Gasteiger charge is -2.18. The van der Waals surface area contributed by atoms with E-state index in [1.54, 1.807) is 12.5 Å². The van der Waals surface area contributed by atoms with Crippen molar-refractivity contribution in [1.82, 2.24) is 19.5 Å². The topological polar surface area (TPSA) is 69.6 Å². The highest BCUT2D eigenvalue weighted by Gasteiger charge is 2.18. The minimum atomic E-state index is 0.281. The summed E-state index contributed by atoms with van der Waals surface area (Å²) in [5.41, 5.74) is 8.00. The number of hydrogen-bond acceptors (Lipinski definition) is 4. The molecule has 2 heterocycles. The molecule has 0 fully saturated rings. The van der Waals surface area contributed by atoms with Crippen molar-refractivity contribution in [3.05, 3.63) is 35.8 Å². The van der Waals surface area contributed by atoms with E-state index < -0.39 is 0 Å². The highest BCUT2D eigenvalue weighted by atomic mass is 32.1. The predicted octanol–water partition coefficient (Wildman–Crippen LogP) is 1.18. The van der Waals surface area contributed by atoms with Gasteiger partial charge in [0.1, 0.15) is 17.1 Å². The van der Waals surface area contributed by atoms with Crippen LogP contribution < -0.4 is 5.73 Å². The molecule has 18 heavy (non-hydrogen) atoms. The van der Waals surface area contributed by atoms with Gasteiger partial charge in [0, 0.05) is 23.7 Å². The Kier molecular flexibility index (Phi) is 2.79. The molecule has 0 aromatic carbocycles. The van der Waals surface area contributed by atoms with Gasteiger partial charge in [0.05, 0.1) is 0 Å². The number of nitrogens with zero attached hydrogens (tertiary/aromatic N) is 4. The number of nitrogens with two attached hydrogens (primary N) is 1. The Balaban J connectivity index is 2.17. The molecule has 0 radical (unpaired) electrons. The van der Waals surface area contributed by atoms with E-state index in [4.69, 9.17) is 18.0 Å². The molecule has 6 heteroatoms. The molecule has 0 bridgehead atoms. The number of thiocarbonyl (C=S) groups is 1. The van der Waals surface area contributed by atoms with E-state index in [1.807, 2.05) is 10.8 Å². The molecule has 0 saturated carbocycles. The van der Waals surface area contributed by atoms with Gasteiger partial charge in [-0.1, -0.05) is 12.2 Å². The van der Waals surface area contributed by atoms with Gasteiger partial charge in [-0.2, -0.15) is 0 Å². The van der Waals surface area contributed by atoms with E-state index >= 15 is 0 Å². The molecular formula is C12H13N5S. The zero-order valence-corrected chi connectivity index (χ0v) is 10.7. The number of aryl methyl sites for hydroxylation is 1. The van der Waals surface area contributed by atoms with Crippen molar-refractivity contribution >= 4 is 17.2 Å². The lowest BCUT2D eigenvalue weighted by atomic mass is 9.96. The van der Waals surface area contributed by atoms with Crippen molar-refractivity contribution in [2.75, 3.05) is 0 Å². The summed E-state index contributed by atoms with van der Waals surface area (Å²) in [5, 5.41) is 0. The fourth-order valence-electron chi connectivity index (χ4n) is 2.37. The normalized spacial score (nSPS) is 14.2. The second-order valence-corrected chi connectivity index (χ2v) is 4.75. The molecule has 0 aliphatic heterocycles. The SMILES string of the molecule is NC(=S)c1nccn1-c1ncnc2c1CCCC2. The Morgan fingerprint density at radius 1 is 1.22 bits per heavy atom. The zero-order chi connectivity index (χ0) is 12.5. The molecule has 2 aromatic heterocycles. The first kappa shape index (κ1) is 11.3. The van der Waals surface area contributed by atoms with Crippen molar-refractivity contribution in [3.8, 4) is 5.82 Å². The Morgan fingerprint density at radius 3 is 2.89 bits per heavy atom. The van der Waals surface area contributed by atoms with Crippen LogP contribution in [0.4, 0.5) is 0 Å². The summed E-state index contributed by atoms with van der Waals surface area (Å²) in [6.07, 6.45) is 9.50. The van der Waals surface area contributed by atoms with Gasteiger partial charge in [-0.25, -0.2) is 15.0 Å². The molecule has 0 spiro atoms. The standard InChI is InChI=1S/C12H13N5S/c13-10(18)12-14-5-6-17(12)11-8-3-1-2-4-9(8)15-7-16-11/h5-7H,1-4H2,(H2,13,18). The van der Waals surface area contributed by atoms with Crippen LogP contribution in [-0.4, -0.2) is 24.5 Å². The maximum absolute atomic E-state index is 5.68. The van der Waals surface area contributed by atoms with Crippen molar-refractivity contribution in [3.63, 3.8) is 0 Å². The first-order valence-electron chi connectivity index (χ1n) is 5.93. The summed E-state index contributed by atoms with van der Waals surface area (Å²) in [5.74, 6) is 1.44. The van der Waals surface area contributed by atoms with Crippen LogP contribution >= 0.6 is 12.2 Å². The fourth-order valence-corrected chi connectivity index (χ4v) is 2.52. The fraction of sp³-hybridized carbons (Fsp3) is 0.333. The number of fused-ring (bicyclic) bond motifs is 1. The predicted molar refractivity (Wildman–Crippen MR) is 71.7 cm³/mol. The largest absolute Gasteiger partial charge is 0.387 e. The van der Waals surface area contributed by atoms with Gasteiger partial charge in [0.2, 0.25) is 0 Å². The van der Waals surface area contributed by atoms with Gasteiger partial charge in [-0.3, -0.25) is 4.57 Å². The van der Waals surface area contributed by atoms with Crippen LogP contribution in [0.15, 0.2) is 18.7 Å². The first-order valence-corrected chi connectivity index (χ1v) is 6.34. The maximum Gasteiger partial charge on any atom is 0.173 e. The number of imidazole rings is 1. The molecule has 1 aliphatic carbocycles. The van der Waals surface area contributed by atoms with Gasteiger partial charge in [0.25, 0.3) is 0 Å². The minimum absolute atomic E-state index is 0.281. The third-order valence-corrected chi connectivity index (χ3v) is 3.37. The Hall–Kier alpha value is -1.82. The van der Waals surface area contributed by atoms with Crippen molar-refractivity contribution in [1.29, 1.82) is 0 Å². The summed E-state index contributed by atoms with van der Waals surface area (Å²) in [6, 6.07) is 0. The van der Waals surface area contributed by atoms with Gasteiger partial charge < -0.3 is 5.73 Å². The molecule has 1 aliphatic rings. The van der Waals surface area contributed by atoms with Gasteiger partial charge in [-0.05, 0) is 25.7 Å². The van der Waals surface area contributed by atoms with Crippen molar-refractivity contribution < 1.29 is 0 Å². The van der Waals surface area contributed by atoms with E-state index in [2.05, 4.69) is 15.0 Å². The lowest BCUT2D eigenvalue weighted by molar-refractivity contribution is 0.655. The Bertz CT molecular complexity index is 604. The second kappa shape index (κ2) is 4.45. The van der Waals surface area contributed by atoms with Gasteiger partial charge >= 0.3 is 0 Å². The maximum atomic E-state index is 5.68. The van der Waals surface area contributed by atoms with Crippen LogP contribution in [0, 0.1) is 0 Å². The number of hydrogen-bond donors (Lipinski definition) is 1. The van der Waals surface area contributed by atoms with E-state index in [1.165, 1.54) is 18.4 Å². The average Bonchev–Trinajstić information content (AvgIpc) is 2.87. The summed E-state index contributed by atoms with van der Waals surface area (Å²) in [6.45, 7) is 0. The van der Waals surface area contributed by atoms with E-state index in [0.29, 0.717) is 5.82 Å². The number of aromatic nitrogens is 4. The monoisotopic (exact) mass is 259 g/mol. The summed E-state index contributed by atoms with van der Waals surface area (Å²) in [4.78, 5) is 13.2. The first-order chi connectivity index (χ1) is 8.77. The van der Waals surface area contributed by atoms with E-state index in [-0.39, 0.29) is 4.99 Å². The third-order valence-electron chi connectivity index (χ3n) is 3.19. The quantitative estimate of drug-likeness (QED) is 0.820. The zero-order valence-electron chi connectivity index (χ0n) is 9.83. The molecule has 0 saturated heterocycles. The molecule has 0 unspecified atom stereocenters. The third kappa shape index (κ3) is 1.78. The smallest absolute Gasteiger partial charge is 0.173 e. The second-order valence-electron chi connectivity index (χ2n) is 4.31. The molecule has 0 amide bonds. The van der Waals surface area contributed by atoms with E-state index in [0.717, 1.165) is 24.4 Å². The minimum Gasteiger partial charge on any atom is -0.387 e. The Labute approximate surface area is 110 Å². The molecule has 0 atom stereocenters. The molecule has 3 rings (SSSR count). The highest BCUT2D eigenvalue weighted by Crippen LogP contribution is 2.24. The lowest BCUT2D eigenvalue weighted by Crippen LogP contribution is -2.19. The van der Waals surface area contributed by atoms with Crippen molar-refractivity contribution in [2.24, 2.45) is 5.73 Å². The van der Waals surface area contributed by atoms with Crippen LogP contribution in [0.25, 0.3) is 5.82 Å². The molecule has 2 aromatic rings. The molecular weight excluding hydrogens is 246 g/mol. The number of rotatable bonds is 2. The summed E-state index contributed by atoms with van der Waals surface area (Å²) in [7, 11) is 0. The van der Waals surface area contributed by atoms with Crippen LogP contribution in [-0.2, 0) is 12.8 Å². The van der Waals surface area contributed by atoms with Gasteiger partial charge in [-0.15, -0.1) is 0 Å². The summed E-state index contributed by atoms with van der Waals surface area (Å²) >= 11 is 5.01. The molecule has 92 valence electrons. The molecule has 2 N–H and O–H groups in total. The van der Waals surface area contributed by atoms with Gasteiger partial charge in [0.15, 0.2) is 5.82 Å². The van der Waals surface area contributed by atoms with Crippen LogP contribution in [0.5, 0.6) is 0 Å².